The molecule has 2 fully saturated rings. The third-order valence-corrected chi connectivity index (χ3v) is 5.38. The molecule has 1 aliphatic carbocycles. The summed E-state index contributed by atoms with van der Waals surface area (Å²) in [5.41, 5.74) is -0.505. The van der Waals surface area contributed by atoms with Gasteiger partial charge < -0.3 is 14.2 Å². The Hall–Kier alpha value is -0.650. The van der Waals surface area contributed by atoms with Gasteiger partial charge in [-0.15, -0.1) is 0 Å². The van der Waals surface area contributed by atoms with Crippen LogP contribution in [0.4, 0.5) is 4.70 Å². The molecular weight excluding hydrogens is 357 g/mol. The number of allylic oxidation sites excluding steroid dienone is 1. The monoisotopic (exact) mass is 401 g/mol. The normalized spacial score (nSPS) is 31.2. The molecule has 28 heavy (non-hydrogen) atoms. The van der Waals surface area contributed by atoms with Gasteiger partial charge in [-0.25, -0.2) is 0 Å². The van der Waals surface area contributed by atoms with E-state index in [1.54, 1.807) is 0 Å². The zero-order chi connectivity index (χ0) is 20.7. The number of rotatable bonds is 5. The molecule has 0 bridgehead atoms. The Balaban J connectivity index is 0.00000392. The van der Waals surface area contributed by atoms with Gasteiger partial charge in [0.1, 0.15) is 18.3 Å². The van der Waals surface area contributed by atoms with E-state index in [1.807, 2.05) is 0 Å². The molecule has 1 saturated heterocycles. The van der Waals surface area contributed by atoms with Crippen molar-refractivity contribution in [2.45, 2.75) is 130 Å². The van der Waals surface area contributed by atoms with Crippen LogP contribution in [0.1, 0.15) is 82.1 Å². The van der Waals surface area contributed by atoms with E-state index in [0.29, 0.717) is 24.0 Å². The first-order valence-electron chi connectivity index (χ1n) is 10.7. The van der Waals surface area contributed by atoms with E-state index in [4.69, 9.17) is 14.2 Å². The summed E-state index contributed by atoms with van der Waals surface area (Å²) in [6.45, 7) is 26.0. The molecule has 4 nitrogen and oxygen atoms in total. The smallest absolute Gasteiger partial charge is 0.130 e. The molecule has 2 aliphatic rings. The Kier molecular flexibility index (Phi) is 8.17. The maximum absolute atomic E-state index is 6.70. The van der Waals surface area contributed by atoms with Crippen molar-refractivity contribution >= 4 is 0 Å². The average molecular weight is 402 g/mol. The Bertz CT molecular complexity index is 513. The largest absolute Gasteiger partial charge is 0.492 e. The van der Waals surface area contributed by atoms with E-state index in [2.05, 4.69) is 80.7 Å². The highest BCUT2D eigenvalue weighted by Gasteiger charge is 2.54. The van der Waals surface area contributed by atoms with Gasteiger partial charge in [0, 0.05) is 30.5 Å². The van der Waals surface area contributed by atoms with Crippen LogP contribution in [0, 0.1) is 5.92 Å². The summed E-state index contributed by atoms with van der Waals surface area (Å²) in [4.78, 5) is 2.60. The van der Waals surface area contributed by atoms with Crippen molar-refractivity contribution in [3.63, 3.8) is 0 Å². The summed E-state index contributed by atoms with van der Waals surface area (Å²) >= 11 is 0. The zero-order valence-corrected chi connectivity index (χ0v) is 19.7. The molecule has 166 valence electrons. The number of halogens is 1. The van der Waals surface area contributed by atoms with Crippen LogP contribution in [0.2, 0.25) is 0 Å². The fourth-order valence-electron chi connectivity index (χ4n) is 4.90. The molecular formula is C23H44FNO3. The molecule has 0 radical (unpaired) electrons. The first-order chi connectivity index (χ1) is 12.2. The molecule has 1 heterocycles. The standard InChI is InChI=1S/C23H43NO3.FH/c1-14(2)24(15(3)4)18-13-17-12-16(5)25-19(17)21(27-23(9,10)11)20(18)26-22(6,7)8;/h14-15,17-21H,5,12-13H2,1-4,6-11H3;1H. The fraction of sp³-hybridized carbons (Fsp3) is 0.913. The maximum Gasteiger partial charge on any atom is 0.130 e. The van der Waals surface area contributed by atoms with Gasteiger partial charge in [-0.3, -0.25) is 9.60 Å². The zero-order valence-electron chi connectivity index (χ0n) is 19.7. The van der Waals surface area contributed by atoms with Crippen LogP contribution in [0.3, 0.4) is 0 Å². The molecule has 5 atom stereocenters. The van der Waals surface area contributed by atoms with Crippen LogP contribution < -0.4 is 0 Å². The van der Waals surface area contributed by atoms with Gasteiger partial charge in [0.15, 0.2) is 0 Å². The van der Waals surface area contributed by atoms with Gasteiger partial charge in [0.05, 0.1) is 17.0 Å². The van der Waals surface area contributed by atoms with Crippen LogP contribution >= 0.6 is 0 Å². The van der Waals surface area contributed by atoms with Crippen LogP contribution in [-0.4, -0.2) is 52.5 Å². The minimum Gasteiger partial charge on any atom is -0.492 e. The minimum absolute atomic E-state index is 0. The van der Waals surface area contributed by atoms with Crippen molar-refractivity contribution in [3.05, 3.63) is 12.3 Å². The second-order valence-electron chi connectivity index (χ2n) is 10.9. The summed E-state index contributed by atoms with van der Waals surface area (Å²) < 4.78 is 19.5. The number of fused-ring (bicyclic) bond motifs is 1. The van der Waals surface area contributed by atoms with Crippen LogP contribution in [0.15, 0.2) is 12.3 Å². The Morgan fingerprint density at radius 3 is 1.82 bits per heavy atom. The highest BCUT2D eigenvalue weighted by atomic mass is 19.0. The van der Waals surface area contributed by atoms with Crippen molar-refractivity contribution in [1.29, 1.82) is 0 Å². The van der Waals surface area contributed by atoms with Crippen molar-refractivity contribution < 1.29 is 18.9 Å². The summed E-state index contributed by atoms with van der Waals surface area (Å²) in [5.74, 6) is 1.33. The quantitative estimate of drug-likeness (QED) is 0.624. The summed E-state index contributed by atoms with van der Waals surface area (Å²) in [6, 6.07) is 1.18. The SMILES string of the molecule is C=C1CC2CC(N(C(C)C)C(C)C)C(OC(C)(C)C)C(OC(C)(C)C)C2O1.F. The highest BCUT2D eigenvalue weighted by Crippen LogP contribution is 2.45. The second kappa shape index (κ2) is 9.01. The molecule has 0 spiro atoms. The second-order valence-corrected chi connectivity index (χ2v) is 10.9. The lowest BCUT2D eigenvalue weighted by Crippen LogP contribution is -2.64. The summed E-state index contributed by atoms with van der Waals surface area (Å²) in [6.07, 6.45) is 1.87. The molecule has 1 saturated carbocycles. The lowest BCUT2D eigenvalue weighted by Gasteiger charge is -2.52. The lowest BCUT2D eigenvalue weighted by atomic mass is 9.77. The lowest BCUT2D eigenvalue weighted by molar-refractivity contribution is -0.234. The molecule has 0 aromatic heterocycles. The predicted octanol–water partition coefficient (Wildman–Crippen LogP) is 5.32. The van der Waals surface area contributed by atoms with Crippen molar-refractivity contribution in [3.8, 4) is 0 Å². The van der Waals surface area contributed by atoms with E-state index in [0.717, 1.165) is 18.6 Å². The van der Waals surface area contributed by atoms with Gasteiger partial charge in [-0.05, 0) is 75.7 Å². The predicted molar refractivity (Wildman–Crippen MR) is 114 cm³/mol. The van der Waals surface area contributed by atoms with Gasteiger partial charge >= 0.3 is 0 Å². The molecule has 0 aromatic rings. The molecule has 0 aromatic carbocycles. The molecule has 2 rings (SSSR count). The first kappa shape index (κ1) is 25.4. The minimum atomic E-state index is -0.260. The van der Waals surface area contributed by atoms with Crippen molar-refractivity contribution in [1.82, 2.24) is 4.90 Å². The van der Waals surface area contributed by atoms with Gasteiger partial charge in [0.2, 0.25) is 0 Å². The topological polar surface area (TPSA) is 30.9 Å². The molecule has 5 unspecified atom stereocenters. The number of nitrogens with zero attached hydrogens (tertiary/aromatic N) is 1. The third kappa shape index (κ3) is 6.17. The first-order valence-corrected chi connectivity index (χ1v) is 10.7. The Morgan fingerprint density at radius 2 is 1.39 bits per heavy atom. The van der Waals surface area contributed by atoms with Crippen molar-refractivity contribution in [2.24, 2.45) is 5.92 Å². The Morgan fingerprint density at radius 1 is 0.929 bits per heavy atom. The van der Waals surface area contributed by atoms with Gasteiger partial charge in [0.25, 0.3) is 0 Å². The Labute approximate surface area is 172 Å². The van der Waals surface area contributed by atoms with E-state index >= 15 is 0 Å². The van der Waals surface area contributed by atoms with Crippen LogP contribution in [0.25, 0.3) is 0 Å². The third-order valence-electron chi connectivity index (χ3n) is 5.38. The van der Waals surface area contributed by atoms with Crippen LogP contribution in [0.5, 0.6) is 0 Å². The van der Waals surface area contributed by atoms with Gasteiger partial charge in [-0.2, -0.15) is 0 Å². The highest BCUT2D eigenvalue weighted by molar-refractivity contribution is 5.09. The van der Waals surface area contributed by atoms with E-state index in [9.17, 15) is 0 Å². The molecule has 0 N–H and O–H groups in total. The summed E-state index contributed by atoms with van der Waals surface area (Å²) in [5, 5.41) is 0. The van der Waals surface area contributed by atoms with Gasteiger partial charge in [-0.1, -0.05) is 6.58 Å². The molecule has 5 heteroatoms. The molecule has 1 aliphatic heterocycles. The van der Waals surface area contributed by atoms with E-state index in [-0.39, 0.29) is 34.2 Å². The fourth-order valence-corrected chi connectivity index (χ4v) is 4.90. The van der Waals surface area contributed by atoms with Crippen molar-refractivity contribution in [2.75, 3.05) is 0 Å². The number of hydrogen-bond acceptors (Lipinski definition) is 4. The van der Waals surface area contributed by atoms with E-state index in [1.165, 1.54) is 0 Å². The number of hydrogen-bond donors (Lipinski definition) is 0. The average Bonchev–Trinajstić information content (AvgIpc) is 2.79. The molecule has 0 amide bonds. The number of ether oxygens (including phenoxy) is 3. The van der Waals surface area contributed by atoms with Crippen LogP contribution in [-0.2, 0) is 14.2 Å². The summed E-state index contributed by atoms with van der Waals surface area (Å²) in [7, 11) is 0. The van der Waals surface area contributed by atoms with E-state index < -0.39 is 0 Å². The maximum atomic E-state index is 6.70.